The zero-order valence-corrected chi connectivity index (χ0v) is 7.73. The summed E-state index contributed by atoms with van der Waals surface area (Å²) in [5.74, 6) is -0.147. The highest BCUT2D eigenvalue weighted by Crippen LogP contribution is 2.01. The van der Waals surface area contributed by atoms with Crippen LogP contribution < -0.4 is 10.6 Å². The Labute approximate surface area is 82.2 Å². The molecule has 3 N–H and O–H groups in total. The van der Waals surface area contributed by atoms with Crippen molar-refractivity contribution in [1.82, 2.24) is 10.3 Å². The lowest BCUT2D eigenvalue weighted by molar-refractivity contribution is -0.115. The largest absolute Gasteiger partial charge is 0.395 e. The van der Waals surface area contributed by atoms with Crippen molar-refractivity contribution >= 4 is 11.6 Å². The lowest BCUT2D eigenvalue weighted by Gasteiger charge is -2.04. The van der Waals surface area contributed by atoms with Crippen LogP contribution in [0.1, 0.15) is 0 Å². The summed E-state index contributed by atoms with van der Waals surface area (Å²) in [6, 6.07) is 3.51. The van der Waals surface area contributed by atoms with Gasteiger partial charge in [0.1, 0.15) is 0 Å². The zero-order valence-electron chi connectivity index (χ0n) is 7.73. The molecule has 0 aliphatic heterocycles. The number of amides is 1. The van der Waals surface area contributed by atoms with Gasteiger partial charge in [0.15, 0.2) is 0 Å². The average Bonchev–Trinajstić information content (AvgIpc) is 2.20. The Morgan fingerprint density at radius 3 is 3.07 bits per heavy atom. The van der Waals surface area contributed by atoms with Gasteiger partial charge in [0.05, 0.1) is 25.0 Å². The quantitative estimate of drug-likeness (QED) is 0.559. The molecule has 0 spiro atoms. The molecule has 0 unspecified atom stereocenters. The van der Waals surface area contributed by atoms with Crippen LogP contribution in [0.5, 0.6) is 0 Å². The molecule has 1 aromatic heterocycles. The van der Waals surface area contributed by atoms with Gasteiger partial charge < -0.3 is 15.7 Å². The molecule has 0 atom stereocenters. The van der Waals surface area contributed by atoms with Gasteiger partial charge in [0.2, 0.25) is 5.91 Å². The Morgan fingerprint density at radius 2 is 2.43 bits per heavy atom. The van der Waals surface area contributed by atoms with E-state index >= 15 is 0 Å². The van der Waals surface area contributed by atoms with Crippen LogP contribution in [0.15, 0.2) is 24.5 Å². The van der Waals surface area contributed by atoms with Crippen molar-refractivity contribution in [3.63, 3.8) is 0 Å². The standard InChI is InChI=1S/C9H13N3O2/c13-5-4-11-7-9(14)12-8-2-1-3-10-6-8/h1-3,6,11,13H,4-5,7H2,(H,12,14). The number of hydrogen-bond acceptors (Lipinski definition) is 4. The van der Waals surface area contributed by atoms with Gasteiger partial charge >= 0.3 is 0 Å². The van der Waals surface area contributed by atoms with E-state index in [2.05, 4.69) is 15.6 Å². The molecular formula is C9H13N3O2. The number of nitrogens with one attached hydrogen (secondary N) is 2. The number of carbonyl (C=O) groups excluding carboxylic acids is 1. The molecule has 1 heterocycles. The molecule has 0 radical (unpaired) electrons. The predicted octanol–water partition coefficient (Wildman–Crippen LogP) is -0.398. The number of rotatable bonds is 5. The Bertz CT molecular complexity index is 277. The van der Waals surface area contributed by atoms with Crippen molar-refractivity contribution in [3.05, 3.63) is 24.5 Å². The molecule has 14 heavy (non-hydrogen) atoms. The van der Waals surface area contributed by atoms with Crippen LogP contribution in [-0.4, -0.2) is 35.7 Å². The molecule has 1 aromatic rings. The first-order valence-corrected chi connectivity index (χ1v) is 4.34. The third-order valence-electron chi connectivity index (χ3n) is 1.52. The number of nitrogens with zero attached hydrogens (tertiary/aromatic N) is 1. The van der Waals surface area contributed by atoms with Crippen LogP contribution in [0.2, 0.25) is 0 Å². The minimum Gasteiger partial charge on any atom is -0.395 e. The number of pyridine rings is 1. The molecule has 0 saturated carbocycles. The first-order valence-electron chi connectivity index (χ1n) is 4.34. The molecule has 1 amide bonds. The van der Waals surface area contributed by atoms with Crippen LogP contribution >= 0.6 is 0 Å². The van der Waals surface area contributed by atoms with Gasteiger partial charge in [-0.25, -0.2) is 0 Å². The van der Waals surface area contributed by atoms with E-state index in [1.54, 1.807) is 24.5 Å². The van der Waals surface area contributed by atoms with Crippen molar-refractivity contribution in [3.8, 4) is 0 Å². The summed E-state index contributed by atoms with van der Waals surface area (Å²) in [6.07, 6.45) is 3.21. The minimum absolute atomic E-state index is 0.0279. The van der Waals surface area contributed by atoms with Crippen molar-refractivity contribution in [2.45, 2.75) is 0 Å². The maximum Gasteiger partial charge on any atom is 0.238 e. The lowest BCUT2D eigenvalue weighted by atomic mass is 10.4. The van der Waals surface area contributed by atoms with Crippen LogP contribution in [0.3, 0.4) is 0 Å². The summed E-state index contributed by atoms with van der Waals surface area (Å²) in [5, 5.41) is 13.9. The van der Waals surface area contributed by atoms with Gasteiger partial charge in [0.25, 0.3) is 0 Å². The Morgan fingerprint density at radius 1 is 1.57 bits per heavy atom. The van der Waals surface area contributed by atoms with Crippen LogP contribution in [-0.2, 0) is 4.79 Å². The Balaban J connectivity index is 2.27. The maximum absolute atomic E-state index is 11.2. The van der Waals surface area contributed by atoms with Crippen LogP contribution in [0.4, 0.5) is 5.69 Å². The molecule has 1 rings (SSSR count). The highest BCUT2D eigenvalue weighted by molar-refractivity contribution is 5.91. The van der Waals surface area contributed by atoms with E-state index in [1.165, 1.54) is 0 Å². The van der Waals surface area contributed by atoms with E-state index in [4.69, 9.17) is 5.11 Å². The summed E-state index contributed by atoms with van der Waals surface area (Å²) in [7, 11) is 0. The predicted molar refractivity (Wildman–Crippen MR) is 52.8 cm³/mol. The second kappa shape index (κ2) is 6.06. The Hall–Kier alpha value is -1.46. The molecule has 5 heteroatoms. The molecule has 0 aliphatic rings. The first kappa shape index (κ1) is 10.6. The molecule has 0 fully saturated rings. The van der Waals surface area contributed by atoms with Crippen molar-refractivity contribution < 1.29 is 9.90 Å². The highest BCUT2D eigenvalue weighted by Gasteiger charge is 2.00. The van der Waals surface area contributed by atoms with Gasteiger partial charge in [-0.1, -0.05) is 0 Å². The van der Waals surface area contributed by atoms with Crippen molar-refractivity contribution in [1.29, 1.82) is 0 Å². The van der Waals surface area contributed by atoms with Crippen LogP contribution in [0, 0.1) is 0 Å². The molecule has 5 nitrogen and oxygen atoms in total. The summed E-state index contributed by atoms with van der Waals surface area (Å²) in [4.78, 5) is 15.1. The molecule has 0 saturated heterocycles. The van der Waals surface area contributed by atoms with Crippen molar-refractivity contribution in [2.75, 3.05) is 25.0 Å². The van der Waals surface area contributed by atoms with E-state index < -0.39 is 0 Å². The van der Waals surface area contributed by atoms with Gasteiger partial charge in [-0.05, 0) is 12.1 Å². The van der Waals surface area contributed by atoms with E-state index in [0.717, 1.165) is 0 Å². The minimum atomic E-state index is -0.147. The van der Waals surface area contributed by atoms with Gasteiger partial charge in [-0.15, -0.1) is 0 Å². The monoisotopic (exact) mass is 195 g/mol. The second-order valence-corrected chi connectivity index (χ2v) is 2.69. The molecule has 0 bridgehead atoms. The fourth-order valence-corrected chi connectivity index (χ4v) is 0.923. The van der Waals surface area contributed by atoms with Crippen molar-refractivity contribution in [2.24, 2.45) is 0 Å². The SMILES string of the molecule is O=C(CNCCO)Nc1cccnc1. The topological polar surface area (TPSA) is 74.2 Å². The van der Waals surface area contributed by atoms with E-state index in [0.29, 0.717) is 12.2 Å². The molecule has 0 aliphatic carbocycles. The smallest absolute Gasteiger partial charge is 0.238 e. The molecule has 76 valence electrons. The third-order valence-corrected chi connectivity index (χ3v) is 1.52. The fraction of sp³-hybridized carbons (Fsp3) is 0.333. The molecule has 0 aromatic carbocycles. The summed E-state index contributed by atoms with van der Waals surface area (Å²) >= 11 is 0. The first-order chi connectivity index (χ1) is 6.83. The third kappa shape index (κ3) is 3.97. The summed E-state index contributed by atoms with van der Waals surface area (Å²) in [6.45, 7) is 0.635. The Kier molecular flexibility index (Phi) is 4.60. The number of aliphatic hydroxyl groups excluding tert-OH is 1. The summed E-state index contributed by atoms with van der Waals surface area (Å²) < 4.78 is 0. The number of carbonyl (C=O) groups is 1. The van der Waals surface area contributed by atoms with E-state index in [9.17, 15) is 4.79 Å². The highest BCUT2D eigenvalue weighted by atomic mass is 16.3. The van der Waals surface area contributed by atoms with Gasteiger partial charge in [0, 0.05) is 12.7 Å². The van der Waals surface area contributed by atoms with E-state index in [1.807, 2.05) is 0 Å². The number of hydrogen-bond donors (Lipinski definition) is 3. The van der Waals surface area contributed by atoms with Gasteiger partial charge in [-0.3, -0.25) is 9.78 Å². The maximum atomic E-state index is 11.2. The van der Waals surface area contributed by atoms with Crippen LogP contribution in [0.25, 0.3) is 0 Å². The number of aliphatic hydroxyl groups is 1. The van der Waals surface area contributed by atoms with Gasteiger partial charge in [-0.2, -0.15) is 0 Å². The number of anilines is 1. The average molecular weight is 195 g/mol. The number of aromatic nitrogens is 1. The normalized spacial score (nSPS) is 9.79. The molecular weight excluding hydrogens is 182 g/mol. The second-order valence-electron chi connectivity index (χ2n) is 2.69. The van der Waals surface area contributed by atoms with E-state index in [-0.39, 0.29) is 19.1 Å². The lowest BCUT2D eigenvalue weighted by Crippen LogP contribution is -2.29. The fourth-order valence-electron chi connectivity index (χ4n) is 0.923. The summed E-state index contributed by atoms with van der Waals surface area (Å²) in [5.41, 5.74) is 0.670. The zero-order chi connectivity index (χ0) is 10.2.